The van der Waals surface area contributed by atoms with Gasteiger partial charge in [-0.15, -0.1) is 10.2 Å². The summed E-state index contributed by atoms with van der Waals surface area (Å²) in [6.45, 7) is 0.419. The van der Waals surface area contributed by atoms with E-state index in [0.717, 1.165) is 11.8 Å². The van der Waals surface area contributed by atoms with Crippen molar-refractivity contribution < 1.29 is 8.78 Å². The molecule has 0 spiro atoms. The predicted octanol–water partition coefficient (Wildman–Crippen LogP) is 2.75. The van der Waals surface area contributed by atoms with Gasteiger partial charge in [-0.3, -0.25) is 0 Å². The predicted molar refractivity (Wildman–Crippen MR) is 77.5 cm³/mol. The van der Waals surface area contributed by atoms with Gasteiger partial charge in [-0.25, -0.2) is 8.78 Å². The SMILES string of the molecule is CNCc1cc(F)c(Sc2nnc(N(C)C)s2)c(F)c1. The maximum absolute atomic E-state index is 13.9. The highest BCUT2D eigenvalue weighted by Gasteiger charge is 2.15. The lowest BCUT2D eigenvalue weighted by atomic mass is 10.2. The van der Waals surface area contributed by atoms with Gasteiger partial charge in [0.1, 0.15) is 11.6 Å². The number of halogens is 2. The molecule has 0 aliphatic rings. The molecule has 1 aromatic carbocycles. The lowest BCUT2D eigenvalue weighted by Crippen LogP contribution is -2.07. The van der Waals surface area contributed by atoms with Gasteiger partial charge in [-0.2, -0.15) is 0 Å². The van der Waals surface area contributed by atoms with Gasteiger partial charge in [0.2, 0.25) is 5.13 Å². The minimum Gasteiger partial charge on any atom is -0.353 e. The highest BCUT2D eigenvalue weighted by molar-refractivity contribution is 8.01. The van der Waals surface area contributed by atoms with Crippen molar-refractivity contribution >= 4 is 28.2 Å². The van der Waals surface area contributed by atoms with Gasteiger partial charge in [0, 0.05) is 20.6 Å². The van der Waals surface area contributed by atoms with Crippen LogP contribution in [0.2, 0.25) is 0 Å². The molecule has 0 fully saturated rings. The molecule has 0 radical (unpaired) electrons. The molecule has 20 heavy (non-hydrogen) atoms. The van der Waals surface area contributed by atoms with Crippen LogP contribution in [0.3, 0.4) is 0 Å². The number of hydrogen-bond acceptors (Lipinski definition) is 6. The second-order valence-electron chi connectivity index (χ2n) is 4.27. The Labute approximate surface area is 124 Å². The third kappa shape index (κ3) is 3.44. The van der Waals surface area contributed by atoms with Crippen LogP contribution in [0.15, 0.2) is 21.4 Å². The third-order valence-corrected chi connectivity index (χ3v) is 4.64. The van der Waals surface area contributed by atoms with Crippen molar-refractivity contribution in [2.45, 2.75) is 15.8 Å². The maximum Gasteiger partial charge on any atom is 0.208 e. The molecule has 0 aliphatic carbocycles. The average Bonchev–Trinajstić information content (AvgIpc) is 2.83. The molecule has 2 aromatic rings. The second kappa shape index (κ2) is 6.47. The van der Waals surface area contributed by atoms with Crippen molar-refractivity contribution in [2.75, 3.05) is 26.0 Å². The summed E-state index contributed by atoms with van der Waals surface area (Å²) in [6, 6.07) is 2.66. The molecule has 2 rings (SSSR count). The summed E-state index contributed by atoms with van der Waals surface area (Å²) >= 11 is 2.24. The summed E-state index contributed by atoms with van der Waals surface area (Å²) in [5.74, 6) is -1.16. The van der Waals surface area contributed by atoms with Gasteiger partial charge in [-0.05, 0) is 24.7 Å². The van der Waals surface area contributed by atoms with Gasteiger partial charge in [0.25, 0.3) is 0 Å². The van der Waals surface area contributed by atoms with E-state index in [2.05, 4.69) is 15.5 Å². The van der Waals surface area contributed by atoms with E-state index in [-0.39, 0.29) is 4.90 Å². The normalized spacial score (nSPS) is 10.8. The summed E-state index contributed by atoms with van der Waals surface area (Å²) in [4.78, 5) is 1.75. The van der Waals surface area contributed by atoms with E-state index in [1.807, 2.05) is 14.1 Å². The van der Waals surface area contributed by atoms with Crippen LogP contribution in [0, 0.1) is 11.6 Å². The van der Waals surface area contributed by atoms with Crippen LogP contribution in [0.1, 0.15) is 5.56 Å². The summed E-state index contributed by atoms with van der Waals surface area (Å²) in [6.07, 6.45) is 0. The van der Waals surface area contributed by atoms with Gasteiger partial charge < -0.3 is 10.2 Å². The Bertz CT molecular complexity index is 578. The molecule has 0 unspecified atom stereocenters. The first-order chi connectivity index (χ1) is 9.51. The molecule has 0 atom stereocenters. The Balaban J connectivity index is 2.24. The van der Waals surface area contributed by atoms with E-state index >= 15 is 0 Å². The first-order valence-corrected chi connectivity index (χ1v) is 7.45. The molecule has 1 aromatic heterocycles. The molecule has 4 nitrogen and oxygen atoms in total. The van der Waals surface area contributed by atoms with Crippen LogP contribution in [-0.4, -0.2) is 31.3 Å². The molecular formula is C12H14F2N4S2. The molecule has 108 valence electrons. The molecular weight excluding hydrogens is 302 g/mol. The van der Waals surface area contributed by atoms with Gasteiger partial charge in [0.05, 0.1) is 4.90 Å². The maximum atomic E-state index is 13.9. The minimum absolute atomic E-state index is 0.0497. The standard InChI is InChI=1S/C12H14F2N4S2/c1-15-6-7-4-8(13)10(9(14)5-7)19-12-17-16-11(20-12)18(2)3/h4-5,15H,6H2,1-3H3. The Morgan fingerprint density at radius 1 is 1.25 bits per heavy atom. The van der Waals surface area contributed by atoms with Crippen LogP contribution in [-0.2, 0) is 6.54 Å². The fraction of sp³-hybridized carbons (Fsp3) is 0.333. The fourth-order valence-corrected chi connectivity index (χ4v) is 3.24. The molecule has 0 aliphatic heterocycles. The van der Waals surface area contributed by atoms with Crippen LogP contribution in [0.25, 0.3) is 0 Å². The largest absolute Gasteiger partial charge is 0.353 e. The van der Waals surface area contributed by atoms with E-state index in [0.29, 0.717) is 21.6 Å². The van der Waals surface area contributed by atoms with Gasteiger partial charge in [0.15, 0.2) is 4.34 Å². The number of nitrogens with zero attached hydrogens (tertiary/aromatic N) is 3. The molecule has 0 bridgehead atoms. The zero-order valence-electron chi connectivity index (χ0n) is 11.3. The van der Waals surface area contributed by atoms with Gasteiger partial charge in [-0.1, -0.05) is 23.1 Å². The van der Waals surface area contributed by atoms with Crippen LogP contribution in [0.5, 0.6) is 0 Å². The highest BCUT2D eigenvalue weighted by atomic mass is 32.2. The second-order valence-corrected chi connectivity index (χ2v) is 6.48. The summed E-state index contributed by atoms with van der Waals surface area (Å²) < 4.78 is 28.4. The first kappa shape index (κ1) is 15.1. The van der Waals surface area contributed by atoms with Gasteiger partial charge >= 0.3 is 0 Å². The molecule has 1 heterocycles. The summed E-state index contributed by atoms with van der Waals surface area (Å²) in [7, 11) is 5.40. The molecule has 0 saturated heterocycles. The Kier molecular flexibility index (Phi) is 4.90. The lowest BCUT2D eigenvalue weighted by molar-refractivity contribution is 0.536. The number of nitrogens with one attached hydrogen (secondary N) is 1. The zero-order valence-corrected chi connectivity index (χ0v) is 12.9. The van der Waals surface area contributed by atoms with Crippen LogP contribution >= 0.6 is 23.1 Å². The molecule has 1 N–H and O–H groups in total. The van der Waals surface area contributed by atoms with E-state index in [4.69, 9.17) is 0 Å². The number of aromatic nitrogens is 2. The number of hydrogen-bond donors (Lipinski definition) is 1. The van der Waals surface area contributed by atoms with Crippen molar-refractivity contribution in [2.24, 2.45) is 0 Å². The summed E-state index contributed by atoms with van der Waals surface area (Å²) in [5, 5.41) is 11.4. The fourth-order valence-electron chi connectivity index (χ4n) is 1.53. The minimum atomic E-state index is -0.582. The molecule has 0 amide bonds. The Morgan fingerprint density at radius 3 is 2.40 bits per heavy atom. The van der Waals surface area contributed by atoms with Crippen molar-refractivity contribution in [1.82, 2.24) is 15.5 Å². The van der Waals surface area contributed by atoms with Crippen molar-refractivity contribution in [3.8, 4) is 0 Å². The van der Waals surface area contributed by atoms with Crippen molar-refractivity contribution in [3.05, 3.63) is 29.3 Å². The number of benzene rings is 1. The van der Waals surface area contributed by atoms with Crippen LogP contribution in [0.4, 0.5) is 13.9 Å². The monoisotopic (exact) mass is 316 g/mol. The molecule has 8 heteroatoms. The van der Waals surface area contributed by atoms with E-state index in [1.54, 1.807) is 11.9 Å². The first-order valence-electron chi connectivity index (χ1n) is 5.82. The van der Waals surface area contributed by atoms with E-state index in [1.165, 1.54) is 23.5 Å². The van der Waals surface area contributed by atoms with Crippen LogP contribution < -0.4 is 10.2 Å². The highest BCUT2D eigenvalue weighted by Crippen LogP contribution is 2.36. The summed E-state index contributed by atoms with van der Waals surface area (Å²) in [5.41, 5.74) is 0.568. The van der Waals surface area contributed by atoms with Crippen molar-refractivity contribution in [1.29, 1.82) is 0 Å². The molecule has 0 saturated carbocycles. The third-order valence-electron chi connectivity index (χ3n) is 2.41. The average molecular weight is 316 g/mol. The smallest absolute Gasteiger partial charge is 0.208 e. The number of rotatable bonds is 5. The van der Waals surface area contributed by atoms with E-state index < -0.39 is 11.6 Å². The Morgan fingerprint density at radius 2 is 1.90 bits per heavy atom. The zero-order chi connectivity index (χ0) is 14.7. The van der Waals surface area contributed by atoms with Crippen molar-refractivity contribution in [3.63, 3.8) is 0 Å². The number of anilines is 1. The van der Waals surface area contributed by atoms with E-state index in [9.17, 15) is 8.78 Å². The quantitative estimate of drug-likeness (QED) is 0.918. The Hall–Kier alpha value is -1.25. The topological polar surface area (TPSA) is 41.1 Å². The lowest BCUT2D eigenvalue weighted by Gasteiger charge is -2.06.